The lowest BCUT2D eigenvalue weighted by Gasteiger charge is -2.01. The summed E-state index contributed by atoms with van der Waals surface area (Å²) >= 11 is 5.44. The molecule has 2 aromatic heterocycles. The van der Waals surface area contributed by atoms with Crippen LogP contribution >= 0.6 is 11.6 Å². The average molecular weight is 223 g/mol. The predicted octanol–water partition coefficient (Wildman–Crippen LogP) is 0.927. The number of nitrogens with one attached hydrogen (secondary N) is 1. The third-order valence-electron chi connectivity index (χ3n) is 1.61. The van der Waals surface area contributed by atoms with Crippen LogP contribution in [0.1, 0.15) is 5.69 Å². The van der Waals surface area contributed by atoms with E-state index in [1.807, 2.05) is 18.2 Å². The normalized spacial score (nSPS) is 9.93. The molecule has 1 N–H and O–H groups in total. The van der Waals surface area contributed by atoms with Crippen molar-refractivity contribution in [1.82, 2.24) is 25.4 Å². The highest BCUT2D eigenvalue weighted by atomic mass is 35.5. The zero-order chi connectivity index (χ0) is 10.5. The van der Waals surface area contributed by atoms with Gasteiger partial charge in [-0.1, -0.05) is 6.07 Å². The number of nitrogens with zero attached hydrogens (tertiary/aromatic N) is 5. The highest BCUT2D eigenvalue weighted by Crippen LogP contribution is 2.00. The van der Waals surface area contributed by atoms with Crippen LogP contribution in [0.2, 0.25) is 5.28 Å². The van der Waals surface area contributed by atoms with Gasteiger partial charge < -0.3 is 5.32 Å². The van der Waals surface area contributed by atoms with Crippen molar-refractivity contribution in [2.75, 3.05) is 5.32 Å². The van der Waals surface area contributed by atoms with Gasteiger partial charge in [0.25, 0.3) is 11.2 Å². The second-order valence-corrected chi connectivity index (χ2v) is 3.01. The van der Waals surface area contributed by atoms with Gasteiger partial charge in [-0.05, 0) is 23.7 Å². The number of pyridine rings is 1. The van der Waals surface area contributed by atoms with Crippen LogP contribution in [-0.4, -0.2) is 25.4 Å². The minimum atomic E-state index is 0.0263. The molecule has 0 aromatic carbocycles. The van der Waals surface area contributed by atoms with E-state index in [0.717, 1.165) is 5.69 Å². The van der Waals surface area contributed by atoms with Crippen molar-refractivity contribution < 1.29 is 0 Å². The molecule has 0 aliphatic heterocycles. The highest BCUT2D eigenvalue weighted by Gasteiger charge is 1.98. The van der Waals surface area contributed by atoms with E-state index in [2.05, 4.69) is 30.7 Å². The molecule has 0 saturated heterocycles. The molecule has 0 aliphatic rings. The predicted molar refractivity (Wildman–Crippen MR) is 54.2 cm³/mol. The van der Waals surface area contributed by atoms with Gasteiger partial charge in [-0.2, -0.15) is 0 Å². The molecule has 0 atom stereocenters. The van der Waals surface area contributed by atoms with Gasteiger partial charge >= 0.3 is 0 Å². The van der Waals surface area contributed by atoms with Gasteiger partial charge in [0, 0.05) is 6.20 Å². The van der Waals surface area contributed by atoms with E-state index >= 15 is 0 Å². The Balaban J connectivity index is 1.96. The lowest BCUT2D eigenvalue weighted by molar-refractivity contribution is 0.844. The monoisotopic (exact) mass is 222 g/mol. The molecule has 0 aliphatic carbocycles. The molecule has 2 rings (SSSR count). The molecule has 6 nitrogen and oxygen atoms in total. The maximum absolute atomic E-state index is 5.44. The number of rotatable bonds is 3. The van der Waals surface area contributed by atoms with Crippen LogP contribution in [-0.2, 0) is 6.54 Å². The number of hydrogen-bond donors (Lipinski definition) is 1. The Morgan fingerprint density at radius 1 is 1.13 bits per heavy atom. The van der Waals surface area contributed by atoms with Crippen LogP contribution in [0.25, 0.3) is 0 Å². The first-order valence-electron chi connectivity index (χ1n) is 4.21. The Hall–Kier alpha value is -1.82. The van der Waals surface area contributed by atoms with E-state index in [9.17, 15) is 0 Å². The molecular formula is C8H7ClN6. The lowest BCUT2D eigenvalue weighted by Crippen LogP contribution is -2.06. The van der Waals surface area contributed by atoms with E-state index in [4.69, 9.17) is 11.6 Å². The van der Waals surface area contributed by atoms with E-state index in [1.54, 1.807) is 6.20 Å². The number of anilines is 1. The largest absolute Gasteiger partial charge is 0.346 e. The van der Waals surface area contributed by atoms with Crippen LogP contribution in [0.4, 0.5) is 5.95 Å². The van der Waals surface area contributed by atoms with E-state index in [1.165, 1.54) is 0 Å². The van der Waals surface area contributed by atoms with Crippen LogP contribution in [0.3, 0.4) is 0 Å². The summed E-state index contributed by atoms with van der Waals surface area (Å²) in [5, 5.41) is 17.4. The van der Waals surface area contributed by atoms with Crippen LogP contribution in [0, 0.1) is 0 Å². The number of aromatic nitrogens is 5. The fourth-order valence-electron chi connectivity index (χ4n) is 0.960. The summed E-state index contributed by atoms with van der Waals surface area (Å²) < 4.78 is 0. The summed E-state index contributed by atoms with van der Waals surface area (Å²) in [6, 6.07) is 5.65. The standard InChI is InChI=1S/C8H7ClN6/c9-7-12-14-8(15-13-7)11-5-6-3-1-2-4-10-6/h1-4H,5H2,(H,11,14,15). The van der Waals surface area contributed by atoms with Crippen molar-refractivity contribution >= 4 is 17.5 Å². The Labute approximate surface area is 90.7 Å². The van der Waals surface area contributed by atoms with Gasteiger partial charge in [0.1, 0.15) is 0 Å². The average Bonchev–Trinajstić information content (AvgIpc) is 2.30. The minimum absolute atomic E-state index is 0.0263. The fraction of sp³-hybridized carbons (Fsp3) is 0.125. The van der Waals surface area contributed by atoms with E-state index in [0.29, 0.717) is 12.5 Å². The van der Waals surface area contributed by atoms with Crippen molar-refractivity contribution in [3.05, 3.63) is 35.4 Å². The van der Waals surface area contributed by atoms with Gasteiger partial charge in [0.05, 0.1) is 12.2 Å². The SMILES string of the molecule is Clc1nnc(NCc2ccccn2)nn1. The highest BCUT2D eigenvalue weighted by molar-refractivity contribution is 6.28. The second kappa shape index (κ2) is 4.61. The Morgan fingerprint density at radius 2 is 1.93 bits per heavy atom. The molecule has 0 amide bonds. The smallest absolute Gasteiger partial charge is 0.263 e. The molecule has 2 aromatic rings. The van der Waals surface area contributed by atoms with Gasteiger partial charge in [-0.25, -0.2) is 0 Å². The van der Waals surface area contributed by atoms with E-state index in [-0.39, 0.29) is 5.28 Å². The van der Waals surface area contributed by atoms with Gasteiger partial charge in [-0.15, -0.1) is 20.4 Å². The molecule has 0 fully saturated rings. The summed E-state index contributed by atoms with van der Waals surface area (Å²) in [6.45, 7) is 0.520. The molecule has 0 bridgehead atoms. The van der Waals surface area contributed by atoms with Crippen molar-refractivity contribution in [3.8, 4) is 0 Å². The fourth-order valence-corrected chi connectivity index (χ4v) is 1.04. The second-order valence-electron chi connectivity index (χ2n) is 2.67. The first kappa shape index (κ1) is 9.72. The minimum Gasteiger partial charge on any atom is -0.346 e. The summed E-state index contributed by atoms with van der Waals surface area (Å²) in [4.78, 5) is 4.13. The molecule has 15 heavy (non-hydrogen) atoms. The molecule has 0 saturated carbocycles. The molecule has 76 valence electrons. The van der Waals surface area contributed by atoms with Gasteiger partial charge in [0.2, 0.25) is 0 Å². The summed E-state index contributed by atoms with van der Waals surface area (Å²) in [6.07, 6.45) is 1.72. The first-order chi connectivity index (χ1) is 7.34. The third-order valence-corrected chi connectivity index (χ3v) is 1.76. The maximum Gasteiger partial charge on any atom is 0.263 e. The molecule has 0 radical (unpaired) electrons. The Morgan fingerprint density at radius 3 is 2.60 bits per heavy atom. The molecule has 7 heteroatoms. The molecule has 0 spiro atoms. The molecule has 0 unspecified atom stereocenters. The summed E-state index contributed by atoms with van der Waals surface area (Å²) in [7, 11) is 0. The van der Waals surface area contributed by atoms with Crippen molar-refractivity contribution in [1.29, 1.82) is 0 Å². The zero-order valence-corrected chi connectivity index (χ0v) is 8.39. The molecular weight excluding hydrogens is 216 g/mol. The molecule has 2 heterocycles. The van der Waals surface area contributed by atoms with Gasteiger partial charge in [0.15, 0.2) is 0 Å². The van der Waals surface area contributed by atoms with E-state index < -0.39 is 0 Å². The van der Waals surface area contributed by atoms with Crippen LogP contribution in [0.5, 0.6) is 0 Å². The van der Waals surface area contributed by atoms with Crippen molar-refractivity contribution in [2.24, 2.45) is 0 Å². The van der Waals surface area contributed by atoms with Crippen LogP contribution in [0.15, 0.2) is 24.4 Å². The van der Waals surface area contributed by atoms with Crippen molar-refractivity contribution in [2.45, 2.75) is 6.54 Å². The number of halogens is 1. The Bertz CT molecular complexity index is 417. The Kier molecular flexibility index (Phi) is 2.99. The zero-order valence-electron chi connectivity index (χ0n) is 7.63. The maximum atomic E-state index is 5.44. The third kappa shape index (κ3) is 2.81. The van der Waals surface area contributed by atoms with Crippen LogP contribution < -0.4 is 5.32 Å². The summed E-state index contributed by atoms with van der Waals surface area (Å²) in [5.41, 5.74) is 0.885. The number of hydrogen-bond acceptors (Lipinski definition) is 6. The van der Waals surface area contributed by atoms with Crippen molar-refractivity contribution in [3.63, 3.8) is 0 Å². The summed E-state index contributed by atoms with van der Waals surface area (Å²) in [5.74, 6) is 0.324. The first-order valence-corrected chi connectivity index (χ1v) is 4.59. The lowest BCUT2D eigenvalue weighted by atomic mass is 10.3. The van der Waals surface area contributed by atoms with Gasteiger partial charge in [-0.3, -0.25) is 4.98 Å². The topological polar surface area (TPSA) is 76.5 Å². The quantitative estimate of drug-likeness (QED) is 0.833.